The molecule has 0 bridgehead atoms. The van der Waals surface area contributed by atoms with E-state index in [4.69, 9.17) is 11.6 Å². The van der Waals surface area contributed by atoms with E-state index in [2.05, 4.69) is 10.6 Å². The highest BCUT2D eigenvalue weighted by Crippen LogP contribution is 2.35. The van der Waals surface area contributed by atoms with Crippen molar-refractivity contribution < 1.29 is 4.79 Å². The van der Waals surface area contributed by atoms with Gasteiger partial charge in [0, 0.05) is 0 Å². The van der Waals surface area contributed by atoms with E-state index in [0.29, 0.717) is 10.7 Å². The summed E-state index contributed by atoms with van der Waals surface area (Å²) < 4.78 is 0. The Kier molecular flexibility index (Phi) is 2.57. The molecule has 1 aromatic carbocycles. The lowest BCUT2D eigenvalue weighted by atomic mass is 10.1. The minimum Gasteiger partial charge on any atom is -0.372 e. The number of hydrogen-bond donors (Lipinski definition) is 2. The van der Waals surface area contributed by atoms with Gasteiger partial charge in [-0.25, -0.2) is 0 Å². The number of carbonyl (C=O) groups is 1. The van der Waals surface area contributed by atoms with E-state index in [1.165, 1.54) is 0 Å². The van der Waals surface area contributed by atoms with Gasteiger partial charge in [0.1, 0.15) is 6.04 Å². The minimum absolute atomic E-state index is 0.0178. The van der Waals surface area contributed by atoms with E-state index in [9.17, 15) is 4.79 Å². The molecule has 0 radical (unpaired) electrons. The fourth-order valence-electron chi connectivity index (χ4n) is 1.73. The maximum absolute atomic E-state index is 11.6. The molecule has 0 spiro atoms. The molecule has 1 aromatic rings. The molecular weight excluding hydrogens is 212 g/mol. The quantitative estimate of drug-likeness (QED) is 0.770. The molecule has 2 rings (SSSR count). The SMILES string of the molecule is CCC1Nc2cc(C)cc(Cl)c2NC1=O. The van der Waals surface area contributed by atoms with Crippen LogP contribution in [0.3, 0.4) is 0 Å². The van der Waals surface area contributed by atoms with Crippen molar-refractivity contribution in [3.8, 4) is 0 Å². The van der Waals surface area contributed by atoms with Gasteiger partial charge in [0.2, 0.25) is 5.91 Å². The predicted octanol–water partition coefficient (Wildman–Crippen LogP) is 2.79. The summed E-state index contributed by atoms with van der Waals surface area (Å²) >= 11 is 6.05. The third-order valence-electron chi connectivity index (χ3n) is 2.54. The average Bonchev–Trinajstić information content (AvgIpc) is 2.18. The second-order valence-corrected chi connectivity index (χ2v) is 4.17. The van der Waals surface area contributed by atoms with Crippen LogP contribution in [-0.4, -0.2) is 11.9 Å². The molecule has 0 saturated heterocycles. The number of anilines is 2. The first-order valence-electron chi connectivity index (χ1n) is 4.99. The third-order valence-corrected chi connectivity index (χ3v) is 2.84. The topological polar surface area (TPSA) is 41.1 Å². The Morgan fingerprint density at radius 3 is 2.87 bits per heavy atom. The van der Waals surface area contributed by atoms with Crippen molar-refractivity contribution in [1.82, 2.24) is 0 Å². The molecule has 1 aliphatic heterocycles. The Hall–Kier alpha value is -1.22. The van der Waals surface area contributed by atoms with Crippen molar-refractivity contribution in [2.75, 3.05) is 10.6 Å². The molecular formula is C11H13ClN2O. The molecule has 80 valence electrons. The fourth-order valence-corrected chi connectivity index (χ4v) is 2.06. The van der Waals surface area contributed by atoms with E-state index in [1.54, 1.807) is 0 Å². The molecule has 1 atom stereocenters. The van der Waals surface area contributed by atoms with Crippen molar-refractivity contribution in [3.05, 3.63) is 22.7 Å². The second kappa shape index (κ2) is 3.74. The first-order chi connectivity index (χ1) is 7.11. The number of carbonyl (C=O) groups excluding carboxylic acids is 1. The van der Waals surface area contributed by atoms with Crippen LogP contribution in [0.25, 0.3) is 0 Å². The second-order valence-electron chi connectivity index (χ2n) is 3.76. The Labute approximate surface area is 93.8 Å². The lowest BCUT2D eigenvalue weighted by molar-refractivity contribution is -0.117. The number of amides is 1. The van der Waals surface area contributed by atoms with Gasteiger partial charge in [0.25, 0.3) is 0 Å². The zero-order chi connectivity index (χ0) is 11.0. The summed E-state index contributed by atoms with van der Waals surface area (Å²) in [6.07, 6.45) is 0.761. The van der Waals surface area contributed by atoms with Gasteiger partial charge in [0.05, 0.1) is 16.4 Å². The van der Waals surface area contributed by atoms with Crippen molar-refractivity contribution in [3.63, 3.8) is 0 Å². The summed E-state index contributed by atoms with van der Waals surface area (Å²) in [6, 6.07) is 3.67. The van der Waals surface area contributed by atoms with Crippen molar-refractivity contribution in [1.29, 1.82) is 0 Å². The molecule has 0 fully saturated rings. The Bertz CT molecular complexity index is 417. The summed E-state index contributed by atoms with van der Waals surface area (Å²) in [4.78, 5) is 11.6. The number of benzene rings is 1. The molecule has 2 N–H and O–H groups in total. The zero-order valence-corrected chi connectivity index (χ0v) is 9.48. The number of halogens is 1. The minimum atomic E-state index is -0.157. The molecule has 3 nitrogen and oxygen atoms in total. The van der Waals surface area contributed by atoms with Gasteiger partial charge in [-0.1, -0.05) is 18.5 Å². The zero-order valence-electron chi connectivity index (χ0n) is 8.73. The van der Waals surface area contributed by atoms with Crippen LogP contribution in [0.1, 0.15) is 18.9 Å². The Morgan fingerprint density at radius 2 is 2.20 bits per heavy atom. The van der Waals surface area contributed by atoms with Gasteiger partial charge in [-0.3, -0.25) is 4.79 Å². The number of rotatable bonds is 1. The predicted molar refractivity (Wildman–Crippen MR) is 62.5 cm³/mol. The van der Waals surface area contributed by atoms with E-state index < -0.39 is 0 Å². The van der Waals surface area contributed by atoms with Crippen LogP contribution < -0.4 is 10.6 Å². The van der Waals surface area contributed by atoms with E-state index >= 15 is 0 Å². The number of nitrogens with one attached hydrogen (secondary N) is 2. The maximum atomic E-state index is 11.6. The van der Waals surface area contributed by atoms with Crippen molar-refractivity contribution in [2.24, 2.45) is 0 Å². The van der Waals surface area contributed by atoms with E-state index in [1.807, 2.05) is 26.0 Å². The normalized spacial score (nSPS) is 19.1. The first-order valence-corrected chi connectivity index (χ1v) is 5.37. The third kappa shape index (κ3) is 1.79. The maximum Gasteiger partial charge on any atom is 0.246 e. The molecule has 15 heavy (non-hydrogen) atoms. The molecule has 1 amide bonds. The largest absolute Gasteiger partial charge is 0.372 e. The van der Waals surface area contributed by atoms with Crippen LogP contribution in [0, 0.1) is 6.92 Å². The first kappa shape index (κ1) is 10.3. The van der Waals surface area contributed by atoms with Gasteiger partial charge in [-0.05, 0) is 31.0 Å². The van der Waals surface area contributed by atoms with Gasteiger partial charge in [0.15, 0.2) is 0 Å². The van der Waals surface area contributed by atoms with Crippen molar-refractivity contribution in [2.45, 2.75) is 26.3 Å². The van der Waals surface area contributed by atoms with Gasteiger partial charge >= 0.3 is 0 Å². The van der Waals surface area contributed by atoms with Crippen LogP contribution in [-0.2, 0) is 4.79 Å². The standard InChI is InChI=1S/C11H13ClN2O/c1-3-8-11(15)14-10-7(12)4-6(2)5-9(10)13-8/h4-5,8,13H,3H2,1-2H3,(H,14,15). The smallest absolute Gasteiger partial charge is 0.246 e. The summed E-state index contributed by atoms with van der Waals surface area (Å²) in [5.74, 6) is -0.0178. The van der Waals surface area contributed by atoms with Crippen molar-refractivity contribution >= 4 is 28.9 Å². The van der Waals surface area contributed by atoms with Crippen LogP contribution in [0.2, 0.25) is 5.02 Å². The highest BCUT2D eigenvalue weighted by Gasteiger charge is 2.25. The molecule has 1 aliphatic rings. The summed E-state index contributed by atoms with van der Waals surface area (Å²) in [5.41, 5.74) is 2.68. The van der Waals surface area contributed by atoms with Crippen LogP contribution in [0.5, 0.6) is 0 Å². The Balaban J connectivity index is 2.45. The lowest BCUT2D eigenvalue weighted by Crippen LogP contribution is -2.38. The summed E-state index contributed by atoms with van der Waals surface area (Å²) in [6.45, 7) is 3.95. The molecule has 1 heterocycles. The molecule has 0 aromatic heterocycles. The molecule has 1 unspecified atom stereocenters. The number of aryl methyl sites for hydroxylation is 1. The van der Waals surface area contributed by atoms with Gasteiger partial charge in [-0.2, -0.15) is 0 Å². The highest BCUT2D eigenvalue weighted by molar-refractivity contribution is 6.35. The summed E-state index contributed by atoms with van der Waals surface area (Å²) in [5, 5.41) is 6.59. The average molecular weight is 225 g/mol. The van der Waals surface area contributed by atoms with E-state index in [-0.39, 0.29) is 11.9 Å². The monoisotopic (exact) mass is 224 g/mol. The lowest BCUT2D eigenvalue weighted by Gasteiger charge is -2.27. The van der Waals surface area contributed by atoms with Gasteiger partial charge < -0.3 is 10.6 Å². The number of hydrogen-bond acceptors (Lipinski definition) is 2. The summed E-state index contributed by atoms with van der Waals surface area (Å²) in [7, 11) is 0. The van der Waals surface area contributed by atoms with Crippen LogP contribution in [0.15, 0.2) is 12.1 Å². The van der Waals surface area contributed by atoms with Crippen LogP contribution in [0.4, 0.5) is 11.4 Å². The fraction of sp³-hybridized carbons (Fsp3) is 0.364. The van der Waals surface area contributed by atoms with Crippen LogP contribution >= 0.6 is 11.6 Å². The molecule has 0 aliphatic carbocycles. The Morgan fingerprint density at radius 1 is 1.47 bits per heavy atom. The molecule has 0 saturated carbocycles. The van der Waals surface area contributed by atoms with Gasteiger partial charge in [-0.15, -0.1) is 0 Å². The molecule has 4 heteroatoms. The van der Waals surface area contributed by atoms with E-state index in [0.717, 1.165) is 17.7 Å². The highest BCUT2D eigenvalue weighted by atomic mass is 35.5. The number of fused-ring (bicyclic) bond motifs is 1.